The summed E-state index contributed by atoms with van der Waals surface area (Å²) in [5, 5.41) is 15.3. The van der Waals surface area contributed by atoms with Crippen LogP contribution in [0, 0.1) is 57.0 Å². The van der Waals surface area contributed by atoms with Crippen LogP contribution in [0.2, 0.25) is 0 Å². The zero-order valence-corrected chi connectivity index (χ0v) is 38.5. The van der Waals surface area contributed by atoms with E-state index in [2.05, 4.69) is 18.3 Å². The standard InChI is InChI=1S/C47H64N2O14/c1-23-13-16-35(62-36-21-45(9,49(55)56)40(28(6)60-36)48-44(54)58-12)24(2)18-32-19-31(22-59-29(7)50)27(5)20-47(32)42(57-11)37(43(53)63-47)41(52)46(10)34(23)15-14-33-38(46)25(3)17-26(4)39(33)61-30(8)51/h13-15,18-19,25-28,32-36,38-40H,16-17,20-22H2,1-12H3,(H,48,54)/b23-13+,24-18+/t25?,26-,27?,28+,32+,33-,34-,35-,36-,38+,39-,40-,45-,46+,47-/m0/s1. The number of nitrogens with one attached hydrogen (secondary N) is 1. The highest BCUT2D eigenvalue weighted by molar-refractivity contribution is 6.21. The van der Waals surface area contributed by atoms with Crippen molar-refractivity contribution in [1.29, 1.82) is 0 Å². The molecule has 1 saturated carbocycles. The normalized spacial score (nSPS) is 41.7. The zero-order valence-electron chi connectivity index (χ0n) is 38.5. The molecule has 16 heteroatoms. The number of ketones is 1. The highest BCUT2D eigenvalue weighted by atomic mass is 16.7. The van der Waals surface area contributed by atoms with Crippen LogP contribution < -0.4 is 5.32 Å². The molecule has 0 radical (unpaired) electrons. The van der Waals surface area contributed by atoms with Gasteiger partial charge in [-0.15, -0.1) is 0 Å². The Morgan fingerprint density at radius 1 is 0.968 bits per heavy atom. The van der Waals surface area contributed by atoms with Crippen LogP contribution in [0.3, 0.4) is 0 Å². The molecule has 16 nitrogen and oxygen atoms in total. The first-order valence-corrected chi connectivity index (χ1v) is 21.9. The lowest BCUT2D eigenvalue weighted by Crippen LogP contribution is -2.65. The smallest absolute Gasteiger partial charge is 0.407 e. The molecule has 2 bridgehead atoms. The fourth-order valence-electron chi connectivity index (χ4n) is 11.9. The van der Waals surface area contributed by atoms with Gasteiger partial charge in [0.2, 0.25) is 5.54 Å². The average molecular weight is 881 g/mol. The van der Waals surface area contributed by atoms with E-state index in [9.17, 15) is 29.3 Å². The number of hydrogen-bond donors (Lipinski definition) is 1. The number of esters is 3. The van der Waals surface area contributed by atoms with Crippen LogP contribution in [-0.2, 0) is 52.3 Å². The molecule has 0 aromatic heterocycles. The number of nitro groups is 1. The van der Waals surface area contributed by atoms with Gasteiger partial charge in [0.05, 0.1) is 32.8 Å². The highest BCUT2D eigenvalue weighted by Crippen LogP contribution is 2.59. The number of rotatable bonds is 8. The van der Waals surface area contributed by atoms with Crippen molar-refractivity contribution in [2.45, 2.75) is 137 Å². The Hall–Kier alpha value is -4.83. The van der Waals surface area contributed by atoms with E-state index in [-0.39, 0.29) is 66.8 Å². The first kappa shape index (κ1) is 47.6. The van der Waals surface area contributed by atoms with E-state index < -0.39 is 93.7 Å². The Labute approximate surface area is 369 Å². The summed E-state index contributed by atoms with van der Waals surface area (Å²) in [6, 6.07) is -1.04. The van der Waals surface area contributed by atoms with E-state index >= 15 is 4.79 Å². The minimum atomic E-state index is -1.71. The predicted octanol–water partition coefficient (Wildman–Crippen LogP) is 6.51. The summed E-state index contributed by atoms with van der Waals surface area (Å²) >= 11 is 0. The maximum atomic E-state index is 15.8. The molecule has 63 heavy (non-hydrogen) atoms. The van der Waals surface area contributed by atoms with E-state index in [1.54, 1.807) is 6.92 Å². The molecule has 15 atom stereocenters. The molecular formula is C47H64N2O14. The lowest BCUT2D eigenvalue weighted by Gasteiger charge is -2.55. The molecule has 2 heterocycles. The monoisotopic (exact) mass is 880 g/mol. The largest absolute Gasteiger partial charge is 0.496 e. The van der Waals surface area contributed by atoms with Gasteiger partial charge in [0, 0.05) is 55.3 Å². The van der Waals surface area contributed by atoms with E-state index in [1.165, 1.54) is 35.0 Å². The number of ether oxygens (including phenoxy) is 7. The number of alkyl carbamates (subject to hydrolysis) is 1. The Kier molecular flexibility index (Phi) is 13.6. The third-order valence-corrected chi connectivity index (χ3v) is 14.9. The Morgan fingerprint density at radius 2 is 1.67 bits per heavy atom. The van der Waals surface area contributed by atoms with Gasteiger partial charge in [-0.05, 0) is 68.4 Å². The van der Waals surface area contributed by atoms with Crippen molar-refractivity contribution in [3.05, 3.63) is 68.5 Å². The number of methoxy groups -OCH3 is 2. The molecular weight excluding hydrogens is 817 g/mol. The number of hydrogen-bond acceptors (Lipinski definition) is 14. The molecule has 0 aromatic rings. The first-order valence-electron chi connectivity index (χ1n) is 21.9. The number of amides is 1. The van der Waals surface area contributed by atoms with Crippen molar-refractivity contribution in [2.75, 3.05) is 20.8 Å². The zero-order chi connectivity index (χ0) is 46.5. The fraction of sp³-hybridized carbons (Fsp3) is 0.681. The molecule has 0 aromatic carbocycles. The van der Waals surface area contributed by atoms with E-state index in [0.717, 1.165) is 11.1 Å². The molecule has 1 N–H and O–H groups in total. The van der Waals surface area contributed by atoms with Gasteiger partial charge in [-0.2, -0.15) is 0 Å². The van der Waals surface area contributed by atoms with Gasteiger partial charge in [0.15, 0.2) is 23.4 Å². The molecule has 4 aliphatic carbocycles. The van der Waals surface area contributed by atoms with Gasteiger partial charge in [-0.1, -0.05) is 63.6 Å². The summed E-state index contributed by atoms with van der Waals surface area (Å²) in [7, 11) is 2.61. The van der Waals surface area contributed by atoms with Gasteiger partial charge >= 0.3 is 24.0 Å². The summed E-state index contributed by atoms with van der Waals surface area (Å²) < 4.78 is 42.0. The van der Waals surface area contributed by atoms with Crippen LogP contribution in [0.5, 0.6) is 0 Å². The van der Waals surface area contributed by atoms with Crippen LogP contribution >= 0.6 is 0 Å². The number of nitrogens with zero attached hydrogens (tertiary/aromatic N) is 1. The maximum Gasteiger partial charge on any atom is 0.407 e. The van der Waals surface area contributed by atoms with Crippen molar-refractivity contribution in [3.8, 4) is 0 Å². The second-order valence-electron chi connectivity index (χ2n) is 19.1. The van der Waals surface area contributed by atoms with Crippen LogP contribution in [-0.4, -0.2) is 97.3 Å². The molecule has 6 rings (SSSR count). The third kappa shape index (κ3) is 8.49. The second-order valence-corrected chi connectivity index (χ2v) is 19.1. The summed E-state index contributed by atoms with van der Waals surface area (Å²) in [5.41, 5.74) is -2.36. The van der Waals surface area contributed by atoms with Crippen LogP contribution in [0.15, 0.2) is 58.4 Å². The quantitative estimate of drug-likeness (QED) is 0.0690. The summed E-state index contributed by atoms with van der Waals surface area (Å²) in [5.74, 6) is -4.33. The van der Waals surface area contributed by atoms with Crippen LogP contribution in [0.1, 0.15) is 94.9 Å². The molecule has 1 amide bonds. The molecule has 1 saturated heterocycles. The SMILES string of the molecule is COC(=O)N[C@H]1[C@@H](C)O[C@@H](O[C@H]2C/C=C(\C)[C@@H]3C=C[C@@H]4[C@@H](OC(C)=O)[C@@H](C)CC(C)[C@H]4[C@]3(C)C(=O)C3=C(OC)[C@@]4(CC(C)C(COC(C)=O)=C[C@H]4/C=C/2C)OC3=O)C[C@]1(C)[N+](=O)[O-]. The van der Waals surface area contributed by atoms with Gasteiger partial charge < -0.3 is 38.5 Å². The Balaban J connectivity index is 1.55. The van der Waals surface area contributed by atoms with Crippen LogP contribution in [0.25, 0.3) is 0 Å². The molecule has 2 unspecified atom stereocenters. The lowest BCUT2D eigenvalue weighted by molar-refractivity contribution is -0.584. The van der Waals surface area contributed by atoms with E-state index in [4.69, 9.17) is 33.2 Å². The van der Waals surface area contributed by atoms with E-state index in [0.29, 0.717) is 12.0 Å². The van der Waals surface area contributed by atoms with Gasteiger partial charge in [0.1, 0.15) is 24.3 Å². The van der Waals surface area contributed by atoms with E-state index in [1.807, 2.05) is 58.9 Å². The fourth-order valence-corrected chi connectivity index (χ4v) is 11.9. The minimum absolute atomic E-state index is 0.00254. The summed E-state index contributed by atoms with van der Waals surface area (Å²) in [4.78, 5) is 79.5. The second kappa shape index (κ2) is 18.0. The Bertz CT molecular complexity index is 2050. The number of carbonyl (C=O) groups excluding carboxylic acids is 5. The Morgan fingerprint density at radius 3 is 2.29 bits per heavy atom. The summed E-state index contributed by atoms with van der Waals surface area (Å²) in [6.45, 7) is 17.5. The van der Waals surface area contributed by atoms with Gasteiger partial charge in [-0.3, -0.25) is 24.5 Å². The van der Waals surface area contributed by atoms with Crippen molar-refractivity contribution < 1.29 is 62.1 Å². The molecule has 2 aliphatic heterocycles. The number of allylic oxidation sites excluding steroid dienone is 2. The van der Waals surface area contributed by atoms with Crippen molar-refractivity contribution in [2.24, 2.45) is 46.8 Å². The molecule has 6 aliphatic rings. The highest BCUT2D eigenvalue weighted by Gasteiger charge is 2.64. The van der Waals surface area contributed by atoms with Crippen LogP contribution in [0.4, 0.5) is 4.79 Å². The topological polar surface area (TPSA) is 205 Å². The number of fused-ring (bicyclic) bond motifs is 3. The molecule has 346 valence electrons. The van der Waals surface area contributed by atoms with Crippen molar-refractivity contribution in [3.63, 3.8) is 0 Å². The average Bonchev–Trinajstić information content (AvgIpc) is 3.48. The lowest BCUT2D eigenvalue weighted by atomic mass is 9.48. The molecule has 2 fully saturated rings. The van der Waals surface area contributed by atoms with Crippen molar-refractivity contribution in [1.82, 2.24) is 5.32 Å². The number of Topliss-reactive ketones (excluding diaryl/α,β-unsaturated/α-hetero) is 1. The van der Waals surface area contributed by atoms with Gasteiger partial charge in [0.25, 0.3) is 0 Å². The third-order valence-electron chi connectivity index (χ3n) is 14.9. The molecule has 1 spiro atoms. The summed E-state index contributed by atoms with van der Waals surface area (Å²) in [6.07, 6.45) is 6.67. The van der Waals surface area contributed by atoms with Gasteiger partial charge in [-0.25, -0.2) is 9.59 Å². The maximum absolute atomic E-state index is 15.8. The first-order chi connectivity index (χ1) is 29.5. The minimum Gasteiger partial charge on any atom is -0.496 e. The predicted molar refractivity (Wildman–Crippen MR) is 227 cm³/mol. The number of carbonyl (C=O) groups is 5. The van der Waals surface area contributed by atoms with Crippen molar-refractivity contribution >= 4 is 29.8 Å².